The summed E-state index contributed by atoms with van der Waals surface area (Å²) < 4.78 is 17.3. The molecule has 208 valence electrons. The van der Waals surface area contributed by atoms with Gasteiger partial charge in [-0.25, -0.2) is 15.0 Å². The first-order valence-electron chi connectivity index (χ1n) is 13.3. The second kappa shape index (κ2) is 9.15. The number of halogens is 1. The Morgan fingerprint density at radius 1 is 1.12 bits per heavy atom. The van der Waals surface area contributed by atoms with Crippen molar-refractivity contribution in [2.45, 2.75) is 57.1 Å². The van der Waals surface area contributed by atoms with Crippen molar-refractivity contribution in [1.29, 1.82) is 0 Å². The fourth-order valence-corrected chi connectivity index (χ4v) is 5.45. The summed E-state index contributed by atoms with van der Waals surface area (Å²) in [7, 11) is 1.85. The van der Waals surface area contributed by atoms with Crippen LogP contribution in [-0.2, 0) is 17.2 Å². The van der Waals surface area contributed by atoms with Crippen LogP contribution in [0.5, 0.6) is 11.5 Å². The molecule has 2 fully saturated rings. The molecule has 1 aliphatic heterocycles. The number of fused-ring (bicyclic) bond motifs is 2. The van der Waals surface area contributed by atoms with E-state index in [2.05, 4.69) is 46.0 Å². The first-order valence-corrected chi connectivity index (χ1v) is 13.7. The quantitative estimate of drug-likeness (QED) is 0.306. The van der Waals surface area contributed by atoms with Crippen LogP contribution in [0.25, 0.3) is 16.8 Å². The van der Waals surface area contributed by atoms with Gasteiger partial charge in [0.2, 0.25) is 5.95 Å². The third-order valence-electron chi connectivity index (χ3n) is 7.44. The Hall–Kier alpha value is -3.74. The molecule has 0 amide bonds. The molecule has 5 aromatic heterocycles. The average molecular weight is 564 g/mol. The number of nitrogens with zero attached hydrogens (tertiary/aromatic N) is 8. The zero-order chi connectivity index (χ0) is 27.8. The summed E-state index contributed by atoms with van der Waals surface area (Å²) >= 11 is 6.84. The van der Waals surface area contributed by atoms with Crippen LogP contribution >= 0.6 is 11.6 Å². The van der Waals surface area contributed by atoms with E-state index in [1.807, 2.05) is 33.0 Å². The predicted molar refractivity (Wildman–Crippen MR) is 149 cm³/mol. The summed E-state index contributed by atoms with van der Waals surface area (Å²) in [6, 6.07) is 1.72. The van der Waals surface area contributed by atoms with Gasteiger partial charge in [-0.2, -0.15) is 10.1 Å². The van der Waals surface area contributed by atoms with Crippen LogP contribution in [0.1, 0.15) is 57.1 Å². The lowest BCUT2D eigenvalue weighted by atomic mass is 9.91. The molecule has 1 aliphatic carbocycles. The minimum atomic E-state index is -0.615. The number of imidazole rings is 2. The fraction of sp³-hybridized carbons (Fsp3) is 0.444. The van der Waals surface area contributed by atoms with Crippen LogP contribution in [0, 0.1) is 0 Å². The molecule has 2 N–H and O–H groups in total. The first-order chi connectivity index (χ1) is 19.2. The van der Waals surface area contributed by atoms with Gasteiger partial charge in [-0.3, -0.25) is 9.08 Å². The molecular formula is C27H30ClN9O3. The van der Waals surface area contributed by atoms with Crippen molar-refractivity contribution in [3.8, 4) is 11.5 Å². The lowest BCUT2D eigenvalue weighted by molar-refractivity contribution is 0.117. The molecule has 13 heteroatoms. The molecule has 2 atom stereocenters. The lowest BCUT2D eigenvalue weighted by Gasteiger charge is -2.24. The second-order valence-electron chi connectivity index (χ2n) is 11.5. The van der Waals surface area contributed by atoms with E-state index in [-0.39, 0.29) is 11.5 Å². The molecule has 5 aromatic rings. The van der Waals surface area contributed by atoms with Crippen LogP contribution in [0.3, 0.4) is 0 Å². The highest BCUT2D eigenvalue weighted by molar-refractivity contribution is 6.36. The molecule has 1 saturated carbocycles. The summed E-state index contributed by atoms with van der Waals surface area (Å²) in [5.41, 5.74) is 2.64. The fourth-order valence-electron chi connectivity index (χ4n) is 5.15. The molecule has 0 aromatic carbocycles. The van der Waals surface area contributed by atoms with Gasteiger partial charge < -0.3 is 24.5 Å². The predicted octanol–water partition coefficient (Wildman–Crippen LogP) is 4.50. The molecule has 0 radical (unpaired) electrons. The number of rotatable bonds is 6. The van der Waals surface area contributed by atoms with E-state index in [9.17, 15) is 5.11 Å². The zero-order valence-corrected chi connectivity index (χ0v) is 23.4. The Kier molecular flexibility index (Phi) is 5.77. The van der Waals surface area contributed by atoms with Gasteiger partial charge in [0, 0.05) is 30.1 Å². The molecule has 40 heavy (non-hydrogen) atoms. The maximum absolute atomic E-state index is 10.4. The smallest absolute Gasteiger partial charge is 0.210 e. The van der Waals surface area contributed by atoms with Crippen molar-refractivity contribution in [3.63, 3.8) is 0 Å². The van der Waals surface area contributed by atoms with E-state index < -0.39 is 6.10 Å². The number of aliphatic hydroxyl groups excluding tert-OH is 1. The van der Waals surface area contributed by atoms with E-state index >= 15 is 0 Å². The lowest BCUT2D eigenvalue weighted by Crippen LogP contribution is -2.28. The molecule has 0 spiro atoms. The van der Waals surface area contributed by atoms with Gasteiger partial charge in [0.05, 0.1) is 38.0 Å². The molecule has 0 bridgehead atoms. The van der Waals surface area contributed by atoms with Crippen LogP contribution in [0.4, 0.5) is 11.8 Å². The van der Waals surface area contributed by atoms with Gasteiger partial charge >= 0.3 is 0 Å². The highest BCUT2D eigenvalue weighted by Gasteiger charge is 2.34. The van der Waals surface area contributed by atoms with Gasteiger partial charge in [0.15, 0.2) is 28.6 Å². The van der Waals surface area contributed by atoms with E-state index in [1.54, 1.807) is 18.6 Å². The monoisotopic (exact) mass is 563 g/mol. The number of pyridine rings is 1. The maximum atomic E-state index is 10.4. The third-order valence-corrected chi connectivity index (χ3v) is 7.81. The Balaban J connectivity index is 1.20. The number of anilines is 2. The summed E-state index contributed by atoms with van der Waals surface area (Å²) in [5, 5.41) is 18.9. The summed E-state index contributed by atoms with van der Waals surface area (Å²) in [6.07, 6.45) is 8.55. The molecule has 2 aliphatic rings. The van der Waals surface area contributed by atoms with Crippen molar-refractivity contribution in [2.24, 2.45) is 7.05 Å². The van der Waals surface area contributed by atoms with Gasteiger partial charge in [0.1, 0.15) is 28.5 Å². The van der Waals surface area contributed by atoms with Gasteiger partial charge in [-0.1, -0.05) is 32.4 Å². The zero-order valence-electron chi connectivity index (χ0n) is 22.7. The van der Waals surface area contributed by atoms with Crippen LogP contribution < -0.4 is 10.1 Å². The molecule has 6 heterocycles. The standard InChI is InChI=1S/C27H30ClN9O3/c1-27(2,3)19-7-20(34-37(19)16-12-39-13-17(16)38)32-26-33-24-23(35(26)4)22(28)18(9-30-24)40-15-8-29-21-10-31-25(14-5-6-14)36(21)11-15/h7-11,14,16-17,38H,5-6,12-13H2,1-4H3,(H,30,32,33,34)/t16?,17-/m1/s1. The van der Waals surface area contributed by atoms with Crippen molar-refractivity contribution >= 4 is 40.2 Å². The van der Waals surface area contributed by atoms with Crippen molar-refractivity contribution < 1.29 is 14.6 Å². The van der Waals surface area contributed by atoms with Crippen molar-refractivity contribution in [3.05, 3.63) is 47.4 Å². The van der Waals surface area contributed by atoms with E-state index in [0.29, 0.717) is 58.6 Å². The maximum Gasteiger partial charge on any atom is 0.210 e. The highest BCUT2D eigenvalue weighted by atomic mass is 35.5. The Bertz CT molecular complexity index is 1750. The number of ether oxygens (including phenoxy) is 2. The van der Waals surface area contributed by atoms with Gasteiger partial charge in [-0.15, -0.1) is 0 Å². The van der Waals surface area contributed by atoms with Crippen molar-refractivity contribution in [1.82, 2.24) is 38.7 Å². The minimum absolute atomic E-state index is 0.202. The van der Waals surface area contributed by atoms with Gasteiger partial charge in [0.25, 0.3) is 0 Å². The van der Waals surface area contributed by atoms with E-state index in [0.717, 1.165) is 30.0 Å². The Morgan fingerprint density at radius 3 is 2.67 bits per heavy atom. The van der Waals surface area contributed by atoms with Crippen LogP contribution in [0.15, 0.2) is 30.9 Å². The van der Waals surface area contributed by atoms with Crippen molar-refractivity contribution in [2.75, 3.05) is 18.5 Å². The molecule has 1 saturated heterocycles. The summed E-state index contributed by atoms with van der Waals surface area (Å²) in [5.74, 6) is 3.53. The molecule has 1 unspecified atom stereocenters. The van der Waals surface area contributed by atoms with E-state index in [4.69, 9.17) is 26.2 Å². The number of nitrogens with one attached hydrogen (secondary N) is 1. The van der Waals surface area contributed by atoms with Gasteiger partial charge in [-0.05, 0) is 12.8 Å². The van der Waals surface area contributed by atoms with E-state index in [1.165, 1.54) is 0 Å². The number of aryl methyl sites for hydroxylation is 1. The molecule has 12 nitrogen and oxygen atoms in total. The minimum Gasteiger partial charge on any atom is -0.451 e. The largest absolute Gasteiger partial charge is 0.451 e. The van der Waals surface area contributed by atoms with Crippen LogP contribution in [-0.4, -0.2) is 63.1 Å². The normalized spacial score (nSPS) is 19.6. The number of aromatic nitrogens is 8. The average Bonchev–Trinajstić information content (AvgIpc) is 3.21. The second-order valence-corrected chi connectivity index (χ2v) is 11.9. The molecule has 7 rings (SSSR count). The first kappa shape index (κ1) is 25.2. The van der Waals surface area contributed by atoms with Crippen LogP contribution in [0.2, 0.25) is 5.02 Å². The topological polar surface area (TPSA) is 129 Å². The molecular weight excluding hydrogens is 534 g/mol. The number of aliphatic hydroxyl groups is 1. The number of hydrogen-bond donors (Lipinski definition) is 2. The highest BCUT2D eigenvalue weighted by Crippen LogP contribution is 2.40. The number of hydrogen-bond acceptors (Lipinski definition) is 9. The Morgan fingerprint density at radius 2 is 1.95 bits per heavy atom. The summed E-state index contributed by atoms with van der Waals surface area (Å²) in [4.78, 5) is 18.2. The third kappa shape index (κ3) is 4.27. The summed E-state index contributed by atoms with van der Waals surface area (Å²) in [6.45, 7) is 7.04. The Labute approximate surface area is 234 Å². The SMILES string of the molecule is Cn1c(Nc2cc(C(C)(C)C)n(C3COC[C@H]3O)n2)nc2ncc(Oc3cnc4cnc(C5CC5)n4c3)c(Cl)c21.